The van der Waals surface area contributed by atoms with Crippen LogP contribution in [0.3, 0.4) is 0 Å². The van der Waals surface area contributed by atoms with Crippen molar-refractivity contribution in [3.05, 3.63) is 40.4 Å². The number of rotatable bonds is 2. The Hall–Kier alpha value is -1.06. The van der Waals surface area contributed by atoms with Crippen LogP contribution in [0.25, 0.3) is 10.8 Å². The van der Waals surface area contributed by atoms with Gasteiger partial charge in [-0.3, -0.25) is 0 Å². The standard InChI is InChI=1S/C16H18BrNO/c17-13-5-6-14-12(10-13)4-7-16(19)15(14)11-18-8-2-1-3-9-18/h4-7,10,19H,1-3,8-9,11H2/p+1. The first-order valence-corrected chi connectivity index (χ1v) is 7.77. The summed E-state index contributed by atoms with van der Waals surface area (Å²) in [5, 5.41) is 12.6. The summed E-state index contributed by atoms with van der Waals surface area (Å²) < 4.78 is 1.09. The fraction of sp³-hybridized carbons (Fsp3) is 0.375. The molecule has 0 aliphatic carbocycles. The van der Waals surface area contributed by atoms with E-state index < -0.39 is 0 Å². The summed E-state index contributed by atoms with van der Waals surface area (Å²) >= 11 is 3.51. The number of hydrogen-bond acceptors (Lipinski definition) is 1. The molecule has 1 aliphatic rings. The van der Waals surface area contributed by atoms with Crippen LogP contribution >= 0.6 is 15.9 Å². The van der Waals surface area contributed by atoms with Gasteiger partial charge in [0, 0.05) is 4.47 Å². The van der Waals surface area contributed by atoms with Gasteiger partial charge in [-0.05, 0) is 48.2 Å². The van der Waals surface area contributed by atoms with E-state index >= 15 is 0 Å². The van der Waals surface area contributed by atoms with E-state index in [0.717, 1.165) is 16.6 Å². The van der Waals surface area contributed by atoms with E-state index in [9.17, 15) is 5.11 Å². The first kappa shape index (κ1) is 12.9. The van der Waals surface area contributed by atoms with Gasteiger partial charge in [0.05, 0.1) is 18.7 Å². The number of phenolic OH excluding ortho intramolecular Hbond substituents is 1. The van der Waals surface area contributed by atoms with Crippen molar-refractivity contribution in [3.8, 4) is 5.75 Å². The number of quaternary nitrogens is 1. The predicted octanol–water partition coefficient (Wildman–Crippen LogP) is 2.88. The summed E-state index contributed by atoms with van der Waals surface area (Å²) in [5.41, 5.74) is 1.10. The first-order chi connectivity index (χ1) is 9.24. The van der Waals surface area contributed by atoms with Crippen molar-refractivity contribution in [2.75, 3.05) is 13.1 Å². The third-order valence-electron chi connectivity index (χ3n) is 4.06. The van der Waals surface area contributed by atoms with E-state index in [1.165, 1.54) is 43.1 Å². The molecule has 100 valence electrons. The Kier molecular flexibility index (Phi) is 3.76. The lowest BCUT2D eigenvalue weighted by Crippen LogP contribution is -3.11. The van der Waals surface area contributed by atoms with Crippen LogP contribution < -0.4 is 4.90 Å². The number of fused-ring (bicyclic) bond motifs is 1. The Bertz CT molecular complexity index is 591. The van der Waals surface area contributed by atoms with Gasteiger partial charge in [0.25, 0.3) is 0 Å². The Morgan fingerprint density at radius 3 is 2.63 bits per heavy atom. The van der Waals surface area contributed by atoms with Crippen molar-refractivity contribution >= 4 is 26.7 Å². The lowest BCUT2D eigenvalue weighted by molar-refractivity contribution is -0.918. The van der Waals surface area contributed by atoms with Crippen molar-refractivity contribution in [2.45, 2.75) is 25.8 Å². The highest BCUT2D eigenvalue weighted by atomic mass is 79.9. The lowest BCUT2D eigenvalue weighted by Gasteiger charge is -2.24. The summed E-state index contributed by atoms with van der Waals surface area (Å²) in [7, 11) is 0. The highest BCUT2D eigenvalue weighted by Crippen LogP contribution is 2.28. The number of phenols is 1. The maximum Gasteiger partial charge on any atom is 0.125 e. The molecule has 2 aromatic carbocycles. The minimum absolute atomic E-state index is 0.438. The highest BCUT2D eigenvalue weighted by molar-refractivity contribution is 9.10. The second-order valence-electron chi connectivity index (χ2n) is 5.42. The molecule has 0 amide bonds. The summed E-state index contributed by atoms with van der Waals surface area (Å²) in [5.74, 6) is 0.438. The molecule has 2 nitrogen and oxygen atoms in total. The molecule has 1 saturated heterocycles. The van der Waals surface area contributed by atoms with E-state index in [-0.39, 0.29) is 0 Å². The molecule has 1 aliphatic heterocycles. The number of halogens is 1. The Morgan fingerprint density at radius 1 is 1.05 bits per heavy atom. The predicted molar refractivity (Wildman–Crippen MR) is 81.6 cm³/mol. The zero-order valence-corrected chi connectivity index (χ0v) is 12.5. The molecule has 0 radical (unpaired) electrons. The molecule has 0 aromatic heterocycles. The van der Waals surface area contributed by atoms with Crippen molar-refractivity contribution in [1.29, 1.82) is 0 Å². The number of likely N-dealkylation sites (tertiary alicyclic amines) is 1. The van der Waals surface area contributed by atoms with Gasteiger partial charge in [-0.2, -0.15) is 0 Å². The van der Waals surface area contributed by atoms with Crippen molar-refractivity contribution in [2.24, 2.45) is 0 Å². The van der Waals surface area contributed by atoms with Crippen LogP contribution in [0, 0.1) is 0 Å². The van der Waals surface area contributed by atoms with Crippen molar-refractivity contribution in [1.82, 2.24) is 0 Å². The molecule has 2 N–H and O–H groups in total. The van der Waals surface area contributed by atoms with Gasteiger partial charge in [-0.1, -0.05) is 28.1 Å². The quantitative estimate of drug-likeness (QED) is 0.873. The Labute approximate surface area is 122 Å². The fourth-order valence-corrected chi connectivity index (χ4v) is 3.40. The highest BCUT2D eigenvalue weighted by Gasteiger charge is 2.17. The van der Waals surface area contributed by atoms with Gasteiger partial charge in [0.15, 0.2) is 0 Å². The number of aromatic hydroxyl groups is 1. The SMILES string of the molecule is Oc1ccc2cc(Br)ccc2c1C[NH+]1CCCCC1. The minimum atomic E-state index is 0.438. The van der Waals surface area contributed by atoms with Gasteiger partial charge in [0.1, 0.15) is 12.3 Å². The fourth-order valence-electron chi connectivity index (χ4n) is 3.02. The Balaban J connectivity index is 1.98. The molecule has 1 fully saturated rings. The zero-order valence-electron chi connectivity index (χ0n) is 11.0. The molecule has 2 aromatic rings. The number of nitrogens with one attached hydrogen (secondary N) is 1. The number of benzene rings is 2. The van der Waals surface area contributed by atoms with Crippen molar-refractivity contribution < 1.29 is 10.0 Å². The monoisotopic (exact) mass is 320 g/mol. The normalized spacial score (nSPS) is 16.9. The van der Waals surface area contributed by atoms with Crippen LogP contribution in [0.5, 0.6) is 5.75 Å². The van der Waals surface area contributed by atoms with Gasteiger partial charge in [-0.15, -0.1) is 0 Å². The molecule has 19 heavy (non-hydrogen) atoms. The third-order valence-corrected chi connectivity index (χ3v) is 4.55. The molecular weight excluding hydrogens is 302 g/mol. The van der Waals surface area contributed by atoms with E-state index in [1.54, 1.807) is 4.90 Å². The number of piperidine rings is 1. The van der Waals surface area contributed by atoms with Crippen LogP contribution in [-0.4, -0.2) is 18.2 Å². The molecule has 0 saturated carbocycles. The van der Waals surface area contributed by atoms with E-state index in [1.807, 2.05) is 12.1 Å². The summed E-state index contributed by atoms with van der Waals surface area (Å²) in [6.07, 6.45) is 3.98. The maximum atomic E-state index is 10.2. The molecule has 1 heterocycles. The van der Waals surface area contributed by atoms with E-state index in [2.05, 4.69) is 34.1 Å². The maximum absolute atomic E-state index is 10.2. The van der Waals surface area contributed by atoms with Crippen molar-refractivity contribution in [3.63, 3.8) is 0 Å². The Morgan fingerprint density at radius 2 is 1.84 bits per heavy atom. The molecule has 0 spiro atoms. The first-order valence-electron chi connectivity index (χ1n) is 6.98. The van der Waals surface area contributed by atoms with Crippen LogP contribution in [0.2, 0.25) is 0 Å². The van der Waals surface area contributed by atoms with Crippen LogP contribution in [0.1, 0.15) is 24.8 Å². The molecule has 0 bridgehead atoms. The van der Waals surface area contributed by atoms with E-state index in [0.29, 0.717) is 5.75 Å². The van der Waals surface area contributed by atoms with Gasteiger partial charge in [0.2, 0.25) is 0 Å². The minimum Gasteiger partial charge on any atom is -0.507 e. The molecule has 0 atom stereocenters. The average Bonchev–Trinajstić information content (AvgIpc) is 2.43. The molecular formula is C16H19BrNO+. The summed E-state index contributed by atoms with van der Waals surface area (Å²) in [6.45, 7) is 3.39. The lowest BCUT2D eigenvalue weighted by atomic mass is 10.0. The van der Waals surface area contributed by atoms with Crippen LogP contribution in [-0.2, 0) is 6.54 Å². The summed E-state index contributed by atoms with van der Waals surface area (Å²) in [6, 6.07) is 10.1. The zero-order chi connectivity index (χ0) is 13.2. The summed E-state index contributed by atoms with van der Waals surface area (Å²) in [4.78, 5) is 1.59. The van der Waals surface area contributed by atoms with Crippen LogP contribution in [0.4, 0.5) is 0 Å². The average molecular weight is 321 g/mol. The molecule has 3 rings (SSSR count). The van der Waals surface area contributed by atoms with Gasteiger partial charge >= 0.3 is 0 Å². The smallest absolute Gasteiger partial charge is 0.125 e. The van der Waals surface area contributed by atoms with Gasteiger partial charge < -0.3 is 10.0 Å². The van der Waals surface area contributed by atoms with Crippen LogP contribution in [0.15, 0.2) is 34.8 Å². The molecule has 3 heteroatoms. The van der Waals surface area contributed by atoms with Gasteiger partial charge in [-0.25, -0.2) is 0 Å². The second kappa shape index (κ2) is 5.51. The van der Waals surface area contributed by atoms with E-state index in [4.69, 9.17) is 0 Å². The second-order valence-corrected chi connectivity index (χ2v) is 6.33. The largest absolute Gasteiger partial charge is 0.507 e. The molecule has 0 unspecified atom stereocenters. The third kappa shape index (κ3) is 2.77. The number of hydrogen-bond donors (Lipinski definition) is 2. The topological polar surface area (TPSA) is 24.7 Å².